The quantitative estimate of drug-likeness (QED) is 0.815. The van der Waals surface area contributed by atoms with Crippen LogP contribution in [0.4, 0.5) is 0 Å². The van der Waals surface area contributed by atoms with E-state index in [4.69, 9.17) is 5.73 Å². The van der Waals surface area contributed by atoms with Gasteiger partial charge >= 0.3 is 0 Å². The van der Waals surface area contributed by atoms with Gasteiger partial charge in [0.05, 0.1) is 5.54 Å². The molecule has 1 aliphatic heterocycles. The van der Waals surface area contributed by atoms with Crippen molar-refractivity contribution in [3.8, 4) is 0 Å². The second kappa shape index (κ2) is 4.33. The molecule has 82 valence electrons. The molecule has 0 saturated carbocycles. The summed E-state index contributed by atoms with van der Waals surface area (Å²) < 4.78 is 0. The molecule has 0 aromatic heterocycles. The molecule has 1 aromatic rings. The third kappa shape index (κ3) is 1.92. The molecule has 15 heavy (non-hydrogen) atoms. The normalized spacial score (nSPS) is 21.5. The zero-order valence-corrected chi connectivity index (χ0v) is 9.45. The van der Waals surface area contributed by atoms with Crippen molar-refractivity contribution in [2.24, 2.45) is 5.73 Å². The molecule has 0 bridgehead atoms. The number of nitrogens with zero attached hydrogens (tertiary/aromatic N) is 1. The number of likely N-dealkylation sites (tertiary alicyclic amines) is 1. The second-order valence-corrected chi connectivity index (χ2v) is 4.54. The van der Waals surface area contributed by atoms with Crippen LogP contribution < -0.4 is 5.73 Å². The topological polar surface area (TPSA) is 29.3 Å². The molecule has 0 amide bonds. The Bertz CT molecular complexity index is 304. The van der Waals surface area contributed by atoms with E-state index in [0.717, 1.165) is 0 Å². The Morgan fingerprint density at radius 1 is 1.20 bits per heavy atom. The molecule has 0 radical (unpaired) electrons. The van der Waals surface area contributed by atoms with Crippen LogP contribution in [-0.4, -0.2) is 24.5 Å². The first-order chi connectivity index (χ1) is 7.27. The van der Waals surface area contributed by atoms with E-state index in [-0.39, 0.29) is 5.54 Å². The highest BCUT2D eigenvalue weighted by Gasteiger charge is 2.33. The van der Waals surface area contributed by atoms with Gasteiger partial charge in [-0.15, -0.1) is 0 Å². The summed E-state index contributed by atoms with van der Waals surface area (Å²) in [5.41, 5.74) is 7.34. The first kappa shape index (κ1) is 10.7. The van der Waals surface area contributed by atoms with Gasteiger partial charge in [-0.25, -0.2) is 0 Å². The van der Waals surface area contributed by atoms with Crippen molar-refractivity contribution in [2.75, 3.05) is 19.6 Å². The van der Waals surface area contributed by atoms with Crippen molar-refractivity contribution in [2.45, 2.75) is 25.3 Å². The summed E-state index contributed by atoms with van der Waals surface area (Å²) in [6.45, 7) is 5.32. The van der Waals surface area contributed by atoms with E-state index in [1.807, 2.05) is 0 Å². The number of hydrogen-bond acceptors (Lipinski definition) is 2. The molecule has 1 aromatic carbocycles. The van der Waals surface area contributed by atoms with Crippen molar-refractivity contribution in [3.63, 3.8) is 0 Å². The summed E-state index contributed by atoms with van der Waals surface area (Å²) in [5.74, 6) is 0. The van der Waals surface area contributed by atoms with Gasteiger partial charge < -0.3 is 5.73 Å². The van der Waals surface area contributed by atoms with Crippen molar-refractivity contribution in [1.29, 1.82) is 0 Å². The predicted octanol–water partition coefficient (Wildman–Crippen LogP) is 1.96. The van der Waals surface area contributed by atoms with Gasteiger partial charge in [-0.2, -0.15) is 0 Å². The first-order valence-corrected chi connectivity index (χ1v) is 5.78. The summed E-state index contributed by atoms with van der Waals surface area (Å²) in [6, 6.07) is 10.6. The van der Waals surface area contributed by atoms with E-state index in [2.05, 4.69) is 42.2 Å². The van der Waals surface area contributed by atoms with Crippen molar-refractivity contribution in [1.82, 2.24) is 4.90 Å². The van der Waals surface area contributed by atoms with Gasteiger partial charge in [0.25, 0.3) is 0 Å². The molecule has 1 heterocycles. The van der Waals surface area contributed by atoms with E-state index in [1.165, 1.54) is 31.5 Å². The summed E-state index contributed by atoms with van der Waals surface area (Å²) in [5, 5.41) is 0. The van der Waals surface area contributed by atoms with E-state index < -0.39 is 0 Å². The predicted molar refractivity (Wildman–Crippen MR) is 63.7 cm³/mol. The zero-order valence-electron chi connectivity index (χ0n) is 9.45. The molecule has 1 atom stereocenters. The number of benzene rings is 1. The monoisotopic (exact) mass is 204 g/mol. The van der Waals surface area contributed by atoms with Crippen LogP contribution in [0.3, 0.4) is 0 Å². The van der Waals surface area contributed by atoms with E-state index in [9.17, 15) is 0 Å². The van der Waals surface area contributed by atoms with Gasteiger partial charge in [-0.3, -0.25) is 4.90 Å². The maximum atomic E-state index is 5.98. The van der Waals surface area contributed by atoms with Crippen molar-refractivity contribution < 1.29 is 0 Å². The van der Waals surface area contributed by atoms with Crippen LogP contribution in [0.5, 0.6) is 0 Å². The summed E-state index contributed by atoms with van der Waals surface area (Å²) in [4.78, 5) is 2.52. The summed E-state index contributed by atoms with van der Waals surface area (Å²) >= 11 is 0. The Morgan fingerprint density at radius 3 is 2.33 bits per heavy atom. The Balaban J connectivity index is 2.28. The van der Waals surface area contributed by atoms with E-state index in [0.29, 0.717) is 6.54 Å². The van der Waals surface area contributed by atoms with Crippen LogP contribution in [0.1, 0.15) is 25.3 Å². The fraction of sp³-hybridized carbons (Fsp3) is 0.538. The third-order valence-electron chi connectivity index (χ3n) is 3.60. The molecule has 2 heteroatoms. The summed E-state index contributed by atoms with van der Waals surface area (Å²) in [7, 11) is 0. The lowest BCUT2D eigenvalue weighted by molar-refractivity contribution is 0.143. The van der Waals surface area contributed by atoms with Gasteiger partial charge in [-0.05, 0) is 38.4 Å². The molecule has 2 rings (SSSR count). The maximum Gasteiger partial charge on any atom is 0.0555 e. The van der Waals surface area contributed by atoms with Gasteiger partial charge in [0.1, 0.15) is 0 Å². The summed E-state index contributed by atoms with van der Waals surface area (Å²) in [6.07, 6.45) is 2.62. The van der Waals surface area contributed by atoms with E-state index >= 15 is 0 Å². The minimum absolute atomic E-state index is 0.0256. The number of nitrogens with two attached hydrogens (primary N) is 1. The van der Waals surface area contributed by atoms with Crippen LogP contribution >= 0.6 is 0 Å². The lowest BCUT2D eigenvalue weighted by atomic mass is 9.90. The molecular weight excluding hydrogens is 184 g/mol. The lowest BCUT2D eigenvalue weighted by Crippen LogP contribution is -2.47. The Kier molecular flexibility index (Phi) is 3.08. The molecule has 1 fully saturated rings. The molecular formula is C13H20N2. The SMILES string of the molecule is C[C@@](CN)(c1ccccc1)N1CCCC1. The molecule has 2 N–H and O–H groups in total. The average Bonchev–Trinajstić information content (AvgIpc) is 2.83. The average molecular weight is 204 g/mol. The van der Waals surface area contributed by atoms with Crippen LogP contribution in [0.25, 0.3) is 0 Å². The number of rotatable bonds is 3. The zero-order chi connectivity index (χ0) is 10.7. The second-order valence-electron chi connectivity index (χ2n) is 4.54. The third-order valence-corrected chi connectivity index (χ3v) is 3.60. The van der Waals surface area contributed by atoms with Crippen LogP contribution in [0.2, 0.25) is 0 Å². The van der Waals surface area contributed by atoms with Crippen molar-refractivity contribution >= 4 is 0 Å². The molecule has 1 saturated heterocycles. The maximum absolute atomic E-state index is 5.98. The standard InChI is InChI=1S/C13H20N2/c1-13(11-14,15-9-5-6-10-15)12-7-3-2-4-8-12/h2-4,7-8H,5-6,9-11,14H2,1H3/t13-/m1/s1. The lowest BCUT2D eigenvalue weighted by Gasteiger charge is -2.38. The van der Waals surface area contributed by atoms with Gasteiger partial charge in [0.15, 0.2) is 0 Å². The number of hydrogen-bond donors (Lipinski definition) is 1. The first-order valence-electron chi connectivity index (χ1n) is 5.78. The van der Waals surface area contributed by atoms with Gasteiger partial charge in [0, 0.05) is 6.54 Å². The van der Waals surface area contributed by atoms with Crippen LogP contribution in [0, 0.1) is 0 Å². The van der Waals surface area contributed by atoms with Crippen molar-refractivity contribution in [3.05, 3.63) is 35.9 Å². The largest absolute Gasteiger partial charge is 0.328 e. The molecule has 2 nitrogen and oxygen atoms in total. The highest BCUT2D eigenvalue weighted by molar-refractivity contribution is 5.24. The fourth-order valence-electron chi connectivity index (χ4n) is 2.44. The van der Waals surface area contributed by atoms with Gasteiger partial charge in [-0.1, -0.05) is 30.3 Å². The molecule has 0 aliphatic carbocycles. The molecule has 0 unspecified atom stereocenters. The van der Waals surface area contributed by atoms with Crippen LogP contribution in [-0.2, 0) is 5.54 Å². The molecule has 1 aliphatic rings. The Morgan fingerprint density at radius 2 is 1.80 bits per heavy atom. The highest BCUT2D eigenvalue weighted by atomic mass is 15.2. The minimum Gasteiger partial charge on any atom is -0.328 e. The Labute approximate surface area is 92.1 Å². The van der Waals surface area contributed by atoms with Gasteiger partial charge in [0.2, 0.25) is 0 Å². The highest BCUT2D eigenvalue weighted by Crippen LogP contribution is 2.30. The molecule has 0 spiro atoms. The van der Waals surface area contributed by atoms with Crippen LogP contribution in [0.15, 0.2) is 30.3 Å². The van der Waals surface area contributed by atoms with E-state index in [1.54, 1.807) is 0 Å². The fourth-order valence-corrected chi connectivity index (χ4v) is 2.44. The smallest absolute Gasteiger partial charge is 0.0555 e. The Hall–Kier alpha value is -0.860. The minimum atomic E-state index is 0.0256.